The van der Waals surface area contributed by atoms with Crippen LogP contribution in [0.2, 0.25) is 0 Å². The lowest BCUT2D eigenvalue weighted by Gasteiger charge is -2.16. The van der Waals surface area contributed by atoms with Crippen molar-refractivity contribution in [3.63, 3.8) is 0 Å². The summed E-state index contributed by atoms with van der Waals surface area (Å²) in [5, 5.41) is 5.51. The van der Waals surface area contributed by atoms with Gasteiger partial charge in [0, 0.05) is 23.4 Å². The minimum Gasteiger partial charge on any atom is -0.493 e. The van der Waals surface area contributed by atoms with Gasteiger partial charge in [-0.15, -0.1) is 0 Å². The highest BCUT2D eigenvalue weighted by Gasteiger charge is 2.19. The van der Waals surface area contributed by atoms with E-state index in [1.807, 2.05) is 18.2 Å². The Balaban J connectivity index is 1.97. The van der Waals surface area contributed by atoms with Crippen LogP contribution in [0, 0.1) is 0 Å². The molecule has 0 atom stereocenters. The maximum Gasteiger partial charge on any atom is 0.268 e. The van der Waals surface area contributed by atoms with Gasteiger partial charge < -0.3 is 30.6 Å². The van der Waals surface area contributed by atoms with Gasteiger partial charge in [-0.25, -0.2) is 0 Å². The first-order valence-electron chi connectivity index (χ1n) is 10.5. The molecule has 3 aromatic carbocycles. The molecule has 0 aliphatic carbocycles. The highest BCUT2D eigenvalue weighted by atomic mass is 16.5. The average Bonchev–Trinajstić information content (AvgIpc) is 2.87. The zero-order valence-electron chi connectivity index (χ0n) is 19.3. The lowest BCUT2D eigenvalue weighted by molar-refractivity contribution is -0.117. The normalized spacial score (nSPS) is 10.9. The highest BCUT2D eigenvalue weighted by molar-refractivity contribution is 6.05. The molecule has 0 unspecified atom stereocenters. The van der Waals surface area contributed by atoms with E-state index in [-0.39, 0.29) is 12.2 Å². The summed E-state index contributed by atoms with van der Waals surface area (Å²) >= 11 is 0. The Morgan fingerprint density at radius 2 is 1.53 bits per heavy atom. The first-order chi connectivity index (χ1) is 16.5. The van der Waals surface area contributed by atoms with Gasteiger partial charge >= 0.3 is 0 Å². The third-order valence-corrected chi connectivity index (χ3v) is 5.06. The first-order valence-corrected chi connectivity index (χ1v) is 10.5. The highest BCUT2D eigenvalue weighted by Crippen LogP contribution is 2.40. The van der Waals surface area contributed by atoms with Crippen LogP contribution < -0.4 is 30.6 Å². The number of hydrogen-bond donors (Lipinski definition) is 3. The van der Waals surface area contributed by atoms with Crippen molar-refractivity contribution in [2.24, 2.45) is 0 Å². The summed E-state index contributed by atoms with van der Waals surface area (Å²) in [5.41, 5.74) is 8.24. The van der Waals surface area contributed by atoms with Crippen molar-refractivity contribution >= 4 is 23.6 Å². The number of ether oxygens (including phenoxy) is 3. The van der Waals surface area contributed by atoms with Gasteiger partial charge in [-0.1, -0.05) is 36.4 Å². The molecular weight excluding hydrogens is 434 g/mol. The molecule has 176 valence electrons. The van der Waals surface area contributed by atoms with Crippen LogP contribution in [0.4, 0.5) is 5.69 Å². The quantitative estimate of drug-likeness (QED) is 0.333. The van der Waals surface area contributed by atoms with E-state index in [0.29, 0.717) is 34.1 Å². The molecule has 0 bridgehead atoms. The van der Waals surface area contributed by atoms with Crippen molar-refractivity contribution < 1.29 is 23.8 Å². The number of nitrogens with two attached hydrogens (primary N) is 1. The molecule has 4 N–H and O–H groups in total. The average molecular weight is 462 g/mol. The number of nitrogens with one attached hydrogen (secondary N) is 2. The van der Waals surface area contributed by atoms with Gasteiger partial charge in [0.25, 0.3) is 11.8 Å². The van der Waals surface area contributed by atoms with Crippen LogP contribution in [0.25, 0.3) is 6.08 Å². The Hall–Kier alpha value is -4.46. The van der Waals surface area contributed by atoms with Gasteiger partial charge in [-0.3, -0.25) is 9.59 Å². The maximum atomic E-state index is 13.1. The van der Waals surface area contributed by atoms with Gasteiger partial charge in [-0.2, -0.15) is 0 Å². The Bertz CT molecular complexity index is 1190. The van der Waals surface area contributed by atoms with Crippen molar-refractivity contribution in [1.82, 2.24) is 10.6 Å². The summed E-state index contributed by atoms with van der Waals surface area (Å²) in [4.78, 5) is 26.0. The molecule has 2 amide bonds. The third-order valence-electron chi connectivity index (χ3n) is 5.06. The van der Waals surface area contributed by atoms with E-state index >= 15 is 0 Å². The SMILES string of the molecule is COc1ccc(/C=C(\NC(=O)c2ccccc2)C(=O)NCc2ccccc2N)c(OC)c1OC. The Morgan fingerprint density at radius 3 is 2.18 bits per heavy atom. The fourth-order valence-corrected chi connectivity index (χ4v) is 3.30. The zero-order chi connectivity index (χ0) is 24.5. The summed E-state index contributed by atoms with van der Waals surface area (Å²) in [6.45, 7) is 0.188. The molecule has 0 saturated carbocycles. The van der Waals surface area contributed by atoms with Crippen molar-refractivity contribution in [2.75, 3.05) is 27.1 Å². The molecule has 8 heteroatoms. The van der Waals surface area contributed by atoms with E-state index in [2.05, 4.69) is 10.6 Å². The third kappa shape index (κ3) is 5.66. The summed E-state index contributed by atoms with van der Waals surface area (Å²) in [6.07, 6.45) is 1.52. The van der Waals surface area contributed by atoms with Crippen molar-refractivity contribution in [3.05, 3.63) is 89.1 Å². The Morgan fingerprint density at radius 1 is 0.853 bits per heavy atom. The zero-order valence-corrected chi connectivity index (χ0v) is 19.3. The minimum atomic E-state index is -0.496. The van der Waals surface area contributed by atoms with Crippen LogP contribution in [-0.4, -0.2) is 33.1 Å². The smallest absolute Gasteiger partial charge is 0.268 e. The summed E-state index contributed by atoms with van der Waals surface area (Å²) in [6, 6.07) is 19.2. The molecule has 0 radical (unpaired) electrons. The fourth-order valence-electron chi connectivity index (χ4n) is 3.30. The van der Waals surface area contributed by atoms with E-state index in [4.69, 9.17) is 19.9 Å². The number of carbonyl (C=O) groups excluding carboxylic acids is 2. The van der Waals surface area contributed by atoms with Gasteiger partial charge in [0.15, 0.2) is 11.5 Å². The van der Waals surface area contributed by atoms with E-state index < -0.39 is 11.8 Å². The lowest BCUT2D eigenvalue weighted by Crippen LogP contribution is -2.34. The van der Waals surface area contributed by atoms with Crippen LogP contribution in [0.5, 0.6) is 17.2 Å². The lowest BCUT2D eigenvalue weighted by atomic mass is 10.1. The second kappa shape index (κ2) is 11.4. The van der Waals surface area contributed by atoms with Gasteiger partial charge in [0.05, 0.1) is 21.3 Å². The van der Waals surface area contributed by atoms with Crippen LogP contribution in [-0.2, 0) is 11.3 Å². The molecule has 0 aromatic heterocycles. The van der Waals surface area contributed by atoms with E-state index in [9.17, 15) is 9.59 Å². The Kier molecular flexibility index (Phi) is 8.12. The molecule has 0 saturated heterocycles. The largest absolute Gasteiger partial charge is 0.493 e. The molecule has 0 fully saturated rings. The summed E-state index contributed by atoms with van der Waals surface area (Å²) in [7, 11) is 4.49. The van der Waals surface area contributed by atoms with Crippen LogP contribution in [0.1, 0.15) is 21.5 Å². The molecule has 8 nitrogen and oxygen atoms in total. The fraction of sp³-hybridized carbons (Fsp3) is 0.154. The summed E-state index contributed by atoms with van der Waals surface area (Å²) < 4.78 is 16.3. The maximum absolute atomic E-state index is 13.1. The van der Waals surface area contributed by atoms with Gasteiger partial charge in [-0.05, 0) is 42.0 Å². The van der Waals surface area contributed by atoms with E-state index in [1.165, 1.54) is 27.4 Å². The number of amides is 2. The van der Waals surface area contributed by atoms with Gasteiger partial charge in [0.1, 0.15) is 5.70 Å². The molecule has 0 aliphatic heterocycles. The standard InChI is InChI=1S/C26H27N3O5/c1-32-22-14-13-18(23(33-2)24(22)34-3)15-21(29-25(30)17-9-5-4-6-10-17)26(31)28-16-19-11-7-8-12-20(19)27/h4-15H,16,27H2,1-3H3,(H,28,31)(H,29,30)/b21-15-. The molecule has 0 spiro atoms. The molecule has 34 heavy (non-hydrogen) atoms. The van der Waals surface area contributed by atoms with Crippen molar-refractivity contribution in [2.45, 2.75) is 6.54 Å². The first kappa shape index (κ1) is 24.2. The number of anilines is 1. The number of carbonyl (C=O) groups is 2. The predicted molar refractivity (Wildman–Crippen MR) is 131 cm³/mol. The van der Waals surface area contributed by atoms with Crippen LogP contribution in [0.15, 0.2) is 72.4 Å². The monoisotopic (exact) mass is 461 g/mol. The van der Waals surface area contributed by atoms with Crippen molar-refractivity contribution in [1.29, 1.82) is 0 Å². The molecule has 0 aliphatic rings. The minimum absolute atomic E-state index is 0.0221. The molecular formula is C26H27N3O5. The summed E-state index contributed by atoms with van der Waals surface area (Å²) in [5.74, 6) is 0.263. The molecule has 3 aromatic rings. The van der Waals surface area contributed by atoms with E-state index in [0.717, 1.165) is 5.56 Å². The number of methoxy groups -OCH3 is 3. The number of rotatable bonds is 9. The predicted octanol–water partition coefficient (Wildman–Crippen LogP) is 3.38. The number of hydrogen-bond acceptors (Lipinski definition) is 6. The van der Waals surface area contributed by atoms with Crippen molar-refractivity contribution in [3.8, 4) is 17.2 Å². The number of benzene rings is 3. The molecule has 3 rings (SSSR count). The molecule has 0 heterocycles. The second-order valence-corrected chi connectivity index (χ2v) is 7.18. The van der Waals surface area contributed by atoms with E-state index in [1.54, 1.807) is 48.5 Å². The number of para-hydroxylation sites is 1. The van der Waals surface area contributed by atoms with Crippen LogP contribution in [0.3, 0.4) is 0 Å². The topological polar surface area (TPSA) is 112 Å². The van der Waals surface area contributed by atoms with Gasteiger partial charge in [0.2, 0.25) is 5.75 Å². The Labute approximate surface area is 198 Å². The van der Waals surface area contributed by atoms with Crippen LogP contribution >= 0.6 is 0 Å². The number of nitrogen functional groups attached to an aromatic ring is 1. The second-order valence-electron chi connectivity index (χ2n) is 7.18.